The molecule has 0 aliphatic carbocycles. The van der Waals surface area contributed by atoms with E-state index in [1.807, 2.05) is 29.2 Å². The van der Waals surface area contributed by atoms with E-state index in [0.29, 0.717) is 25.3 Å². The SMILES string of the molecule is Nc1c(N2CCc3ccc(CNC(=O)c4ccc5n(c4=O)CCS5)cc3C2)c(=O)c1=O. The van der Waals surface area contributed by atoms with E-state index in [1.54, 1.807) is 22.4 Å². The van der Waals surface area contributed by atoms with Crippen molar-refractivity contribution in [2.24, 2.45) is 0 Å². The third-order valence-corrected chi connectivity index (χ3v) is 6.96. The van der Waals surface area contributed by atoms with Gasteiger partial charge in [0.2, 0.25) is 0 Å². The zero-order chi connectivity index (χ0) is 21.7. The molecule has 0 spiro atoms. The Morgan fingerprint density at radius 2 is 1.90 bits per heavy atom. The molecule has 9 heteroatoms. The minimum Gasteiger partial charge on any atom is -0.394 e. The average molecular weight is 436 g/mol. The summed E-state index contributed by atoms with van der Waals surface area (Å²) in [7, 11) is 0. The van der Waals surface area contributed by atoms with Gasteiger partial charge in [-0.25, -0.2) is 0 Å². The van der Waals surface area contributed by atoms with Crippen molar-refractivity contribution in [1.29, 1.82) is 0 Å². The summed E-state index contributed by atoms with van der Waals surface area (Å²) in [5.74, 6) is 0.447. The smallest absolute Gasteiger partial charge is 0.264 e. The van der Waals surface area contributed by atoms with Crippen LogP contribution in [0.2, 0.25) is 0 Å². The van der Waals surface area contributed by atoms with Gasteiger partial charge in [-0.05, 0) is 35.2 Å². The van der Waals surface area contributed by atoms with Gasteiger partial charge in [-0.2, -0.15) is 0 Å². The quantitative estimate of drug-likeness (QED) is 0.577. The summed E-state index contributed by atoms with van der Waals surface area (Å²) in [5, 5.41) is 3.72. The summed E-state index contributed by atoms with van der Waals surface area (Å²) < 4.78 is 1.64. The molecule has 31 heavy (non-hydrogen) atoms. The summed E-state index contributed by atoms with van der Waals surface area (Å²) >= 11 is 1.61. The third-order valence-electron chi connectivity index (χ3n) is 5.92. The molecular formula is C22H20N4O4S. The molecule has 5 rings (SSSR count). The van der Waals surface area contributed by atoms with Crippen LogP contribution >= 0.6 is 11.8 Å². The van der Waals surface area contributed by atoms with Crippen molar-refractivity contribution in [3.05, 3.63) is 83.4 Å². The molecule has 2 aromatic carbocycles. The van der Waals surface area contributed by atoms with E-state index in [1.165, 1.54) is 0 Å². The van der Waals surface area contributed by atoms with Gasteiger partial charge in [0, 0.05) is 31.9 Å². The van der Waals surface area contributed by atoms with Crippen LogP contribution in [0.15, 0.2) is 49.7 Å². The molecule has 1 amide bonds. The fraction of sp³-hybridized carbons (Fsp3) is 0.273. The van der Waals surface area contributed by atoms with Gasteiger partial charge in [0.15, 0.2) is 0 Å². The topological polar surface area (TPSA) is 114 Å². The van der Waals surface area contributed by atoms with Gasteiger partial charge < -0.3 is 20.5 Å². The number of carbonyl (C=O) groups is 1. The number of fused-ring (bicyclic) bond motifs is 2. The molecule has 0 bridgehead atoms. The van der Waals surface area contributed by atoms with Crippen LogP contribution in [0.25, 0.3) is 0 Å². The van der Waals surface area contributed by atoms with E-state index in [0.717, 1.165) is 33.9 Å². The van der Waals surface area contributed by atoms with E-state index < -0.39 is 16.8 Å². The highest BCUT2D eigenvalue weighted by Gasteiger charge is 2.27. The van der Waals surface area contributed by atoms with E-state index in [4.69, 9.17) is 5.73 Å². The predicted octanol–water partition coefficient (Wildman–Crippen LogP) is 0.625. The number of anilines is 2. The number of benzene rings is 1. The Balaban J connectivity index is 1.30. The first kappa shape index (κ1) is 19.6. The number of nitrogens with zero attached hydrogens (tertiary/aromatic N) is 2. The van der Waals surface area contributed by atoms with Crippen LogP contribution in [-0.2, 0) is 26.1 Å². The van der Waals surface area contributed by atoms with Crippen molar-refractivity contribution >= 4 is 29.0 Å². The van der Waals surface area contributed by atoms with Gasteiger partial charge >= 0.3 is 0 Å². The lowest BCUT2D eigenvalue weighted by molar-refractivity contribution is 0.0948. The molecule has 1 aromatic heterocycles. The number of thioether (sulfide) groups is 1. The van der Waals surface area contributed by atoms with Crippen LogP contribution < -0.4 is 32.4 Å². The predicted molar refractivity (Wildman–Crippen MR) is 120 cm³/mol. The molecular weight excluding hydrogens is 416 g/mol. The summed E-state index contributed by atoms with van der Waals surface area (Å²) in [6, 6.07) is 9.35. The monoisotopic (exact) mass is 436 g/mol. The number of nitrogen functional groups attached to an aromatic ring is 1. The molecule has 0 fully saturated rings. The van der Waals surface area contributed by atoms with Crippen molar-refractivity contribution in [1.82, 2.24) is 9.88 Å². The van der Waals surface area contributed by atoms with Gasteiger partial charge in [-0.1, -0.05) is 18.2 Å². The van der Waals surface area contributed by atoms with Crippen molar-refractivity contribution in [2.75, 3.05) is 22.9 Å². The second-order valence-corrected chi connectivity index (χ2v) is 8.88. The number of hydrogen-bond acceptors (Lipinski definition) is 7. The molecule has 2 aliphatic heterocycles. The van der Waals surface area contributed by atoms with Gasteiger partial charge in [0.25, 0.3) is 22.3 Å². The summed E-state index contributed by atoms with van der Waals surface area (Å²) in [6.45, 7) is 2.01. The third kappa shape index (κ3) is 3.25. The van der Waals surface area contributed by atoms with Crippen LogP contribution in [0.5, 0.6) is 0 Å². The molecule has 0 unspecified atom stereocenters. The second kappa shape index (κ2) is 7.42. The Kier molecular flexibility index (Phi) is 4.70. The fourth-order valence-electron chi connectivity index (χ4n) is 4.21. The van der Waals surface area contributed by atoms with E-state index in [9.17, 15) is 19.2 Å². The molecule has 3 N–H and O–H groups in total. The van der Waals surface area contributed by atoms with Gasteiger partial charge in [0.1, 0.15) is 16.9 Å². The van der Waals surface area contributed by atoms with Crippen molar-refractivity contribution in [3.63, 3.8) is 0 Å². The standard InChI is InChI=1S/C22H20N4O4S/c23-17-18(20(28)19(17)27)25-6-5-13-2-1-12(9-14(13)11-25)10-24-21(29)15-3-4-16-26(22(15)30)7-8-31-16/h1-4,9H,5-8,10-11,23H2,(H,24,29). The van der Waals surface area contributed by atoms with Crippen molar-refractivity contribution in [3.8, 4) is 0 Å². The molecule has 0 radical (unpaired) electrons. The number of hydrogen-bond donors (Lipinski definition) is 2. The fourth-order valence-corrected chi connectivity index (χ4v) is 5.19. The Bertz CT molecular complexity index is 1350. The maximum absolute atomic E-state index is 12.6. The molecule has 0 atom stereocenters. The molecule has 3 heterocycles. The zero-order valence-corrected chi connectivity index (χ0v) is 17.5. The maximum Gasteiger partial charge on any atom is 0.264 e. The van der Waals surface area contributed by atoms with Crippen molar-refractivity contribution in [2.45, 2.75) is 31.1 Å². The molecule has 0 saturated carbocycles. The number of aromatic nitrogens is 1. The van der Waals surface area contributed by atoms with Gasteiger partial charge in [0.05, 0.1) is 5.03 Å². The largest absolute Gasteiger partial charge is 0.394 e. The molecule has 2 aliphatic rings. The lowest BCUT2D eigenvalue weighted by Gasteiger charge is -2.32. The number of amides is 1. The Hall–Kier alpha value is -3.33. The maximum atomic E-state index is 12.6. The molecule has 158 valence electrons. The van der Waals surface area contributed by atoms with Crippen LogP contribution in [0.4, 0.5) is 11.4 Å². The number of nitrogens with one attached hydrogen (secondary N) is 1. The van der Waals surface area contributed by atoms with E-state index in [2.05, 4.69) is 5.32 Å². The first-order valence-corrected chi connectivity index (χ1v) is 11.0. The lowest BCUT2D eigenvalue weighted by atomic mass is 9.96. The van der Waals surface area contributed by atoms with E-state index >= 15 is 0 Å². The Labute approximate surface area is 181 Å². The first-order chi connectivity index (χ1) is 14.9. The average Bonchev–Trinajstić information content (AvgIpc) is 3.27. The highest BCUT2D eigenvalue weighted by molar-refractivity contribution is 7.99. The van der Waals surface area contributed by atoms with Gasteiger partial charge in [-0.15, -0.1) is 11.8 Å². The number of nitrogens with two attached hydrogens (primary N) is 1. The lowest BCUT2D eigenvalue weighted by Crippen LogP contribution is -2.44. The minimum atomic E-state index is -0.613. The van der Waals surface area contributed by atoms with Crippen LogP contribution in [-0.4, -0.2) is 22.8 Å². The Morgan fingerprint density at radius 3 is 2.71 bits per heavy atom. The first-order valence-electron chi connectivity index (χ1n) is 10.0. The zero-order valence-electron chi connectivity index (χ0n) is 16.6. The number of pyridine rings is 1. The van der Waals surface area contributed by atoms with Crippen LogP contribution in [0, 0.1) is 0 Å². The highest BCUT2D eigenvalue weighted by atomic mass is 32.2. The number of rotatable bonds is 4. The van der Waals surface area contributed by atoms with Crippen molar-refractivity contribution < 1.29 is 4.79 Å². The minimum absolute atomic E-state index is 0.0379. The molecule has 0 saturated heterocycles. The summed E-state index contributed by atoms with van der Waals surface area (Å²) in [5.41, 5.74) is 7.89. The van der Waals surface area contributed by atoms with Crippen LogP contribution in [0.3, 0.4) is 0 Å². The normalized spacial score (nSPS) is 15.0. The second-order valence-electron chi connectivity index (χ2n) is 7.77. The molecule has 3 aromatic rings. The van der Waals surface area contributed by atoms with E-state index in [-0.39, 0.29) is 23.4 Å². The summed E-state index contributed by atoms with van der Waals surface area (Å²) in [6.07, 6.45) is 0.740. The highest BCUT2D eigenvalue weighted by Crippen LogP contribution is 2.26. The molecule has 8 nitrogen and oxygen atoms in total. The Morgan fingerprint density at radius 1 is 1.06 bits per heavy atom. The summed E-state index contributed by atoms with van der Waals surface area (Å²) in [4.78, 5) is 50.3. The van der Waals surface area contributed by atoms with Crippen LogP contribution in [0.1, 0.15) is 27.0 Å². The number of carbonyl (C=O) groups excluding carboxylic acids is 1. The van der Waals surface area contributed by atoms with Gasteiger partial charge in [-0.3, -0.25) is 19.2 Å².